The monoisotopic (exact) mass is 399 g/mol. The van der Waals surface area contributed by atoms with Crippen molar-refractivity contribution in [1.29, 1.82) is 0 Å². The number of hydrogen-bond acceptors (Lipinski definition) is 4. The van der Waals surface area contributed by atoms with Gasteiger partial charge in [0.25, 0.3) is 0 Å². The van der Waals surface area contributed by atoms with Crippen molar-refractivity contribution in [2.45, 2.75) is 24.3 Å². The van der Waals surface area contributed by atoms with Gasteiger partial charge in [0, 0.05) is 23.6 Å². The Morgan fingerprint density at radius 2 is 1.96 bits per heavy atom. The first-order valence-corrected chi connectivity index (χ1v) is 9.24. The molecule has 4 nitrogen and oxygen atoms in total. The number of alkyl halides is 2. The molecule has 0 atom stereocenters. The van der Waals surface area contributed by atoms with Crippen LogP contribution in [-0.2, 0) is 11.2 Å². The van der Waals surface area contributed by atoms with Crippen molar-refractivity contribution in [1.82, 2.24) is 5.32 Å². The Hall–Kier alpha value is -2.35. The zero-order chi connectivity index (χ0) is 19.6. The summed E-state index contributed by atoms with van der Waals surface area (Å²) in [6, 6.07) is 11.1. The predicted molar refractivity (Wildman–Crippen MR) is 98.1 cm³/mol. The molecule has 0 spiro atoms. The highest BCUT2D eigenvalue weighted by Gasteiger charge is 2.11. The molecule has 0 aliphatic carbocycles. The smallest absolute Gasteiger partial charge is 0.387 e. The van der Waals surface area contributed by atoms with Crippen LogP contribution in [0.3, 0.4) is 0 Å². The third-order valence-electron chi connectivity index (χ3n) is 3.60. The molecule has 0 saturated carbocycles. The lowest BCUT2D eigenvalue weighted by Crippen LogP contribution is -2.25. The van der Waals surface area contributed by atoms with E-state index in [2.05, 4.69) is 10.1 Å². The molecule has 0 aliphatic heterocycles. The molecule has 0 heterocycles. The third-order valence-corrected chi connectivity index (χ3v) is 4.65. The van der Waals surface area contributed by atoms with E-state index in [4.69, 9.17) is 4.74 Å². The minimum Gasteiger partial charge on any atom is -0.493 e. The molecular weight excluding hydrogens is 379 g/mol. The van der Waals surface area contributed by atoms with Crippen molar-refractivity contribution in [3.63, 3.8) is 0 Å². The number of rotatable bonds is 10. The van der Waals surface area contributed by atoms with E-state index in [0.717, 1.165) is 5.56 Å². The number of methoxy groups -OCH3 is 1. The van der Waals surface area contributed by atoms with Gasteiger partial charge in [-0.1, -0.05) is 18.2 Å². The molecule has 8 heteroatoms. The molecule has 2 aromatic carbocycles. The summed E-state index contributed by atoms with van der Waals surface area (Å²) in [5.74, 6) is 0.174. The normalized spacial score (nSPS) is 10.7. The minimum absolute atomic E-state index is 0.0439. The van der Waals surface area contributed by atoms with Crippen LogP contribution in [0.4, 0.5) is 13.2 Å². The van der Waals surface area contributed by atoms with E-state index in [1.165, 1.54) is 31.0 Å². The number of hydrogen-bond donors (Lipinski definition) is 1. The Labute approximate surface area is 160 Å². The van der Waals surface area contributed by atoms with Gasteiger partial charge in [0.15, 0.2) is 11.5 Å². The van der Waals surface area contributed by atoms with E-state index < -0.39 is 6.61 Å². The lowest BCUT2D eigenvalue weighted by Gasteiger charge is -2.12. The lowest BCUT2D eigenvalue weighted by atomic mass is 10.1. The van der Waals surface area contributed by atoms with Crippen LogP contribution in [0.15, 0.2) is 47.4 Å². The molecule has 1 amide bonds. The largest absolute Gasteiger partial charge is 0.493 e. The van der Waals surface area contributed by atoms with Crippen LogP contribution in [0, 0.1) is 5.82 Å². The van der Waals surface area contributed by atoms with E-state index in [0.29, 0.717) is 23.6 Å². The van der Waals surface area contributed by atoms with Crippen LogP contribution in [0.25, 0.3) is 0 Å². The van der Waals surface area contributed by atoms with Crippen molar-refractivity contribution in [3.8, 4) is 11.5 Å². The maximum absolute atomic E-state index is 13.5. The van der Waals surface area contributed by atoms with Gasteiger partial charge in [-0.25, -0.2) is 4.39 Å². The third kappa shape index (κ3) is 7.05. The van der Waals surface area contributed by atoms with Crippen molar-refractivity contribution in [2.24, 2.45) is 0 Å². The van der Waals surface area contributed by atoms with Gasteiger partial charge in [-0.3, -0.25) is 4.79 Å². The second kappa shape index (κ2) is 10.7. The van der Waals surface area contributed by atoms with Crippen LogP contribution in [0.2, 0.25) is 0 Å². The molecule has 0 aromatic heterocycles. The fourth-order valence-corrected chi connectivity index (χ4v) is 3.20. The van der Waals surface area contributed by atoms with Gasteiger partial charge in [-0.2, -0.15) is 8.78 Å². The second-order valence-electron chi connectivity index (χ2n) is 5.49. The number of benzene rings is 2. The molecule has 1 N–H and O–H groups in total. The van der Waals surface area contributed by atoms with Gasteiger partial charge in [0.2, 0.25) is 5.91 Å². The fourth-order valence-electron chi connectivity index (χ4n) is 2.31. The number of ether oxygens (including phenoxy) is 2. The molecule has 2 aromatic rings. The molecule has 27 heavy (non-hydrogen) atoms. The van der Waals surface area contributed by atoms with Crippen molar-refractivity contribution < 1.29 is 27.4 Å². The zero-order valence-electron chi connectivity index (χ0n) is 14.7. The summed E-state index contributed by atoms with van der Waals surface area (Å²) in [6.07, 6.45) is 0.706. The maximum atomic E-state index is 13.5. The first kappa shape index (κ1) is 21.0. The van der Waals surface area contributed by atoms with Crippen molar-refractivity contribution >= 4 is 17.7 Å². The molecule has 0 bridgehead atoms. The number of nitrogens with one attached hydrogen (secondary N) is 1. The summed E-state index contributed by atoms with van der Waals surface area (Å²) in [5.41, 5.74) is 0.729. The van der Waals surface area contributed by atoms with Crippen molar-refractivity contribution in [2.75, 3.05) is 19.4 Å². The summed E-state index contributed by atoms with van der Waals surface area (Å²) in [5, 5.41) is 2.75. The van der Waals surface area contributed by atoms with Gasteiger partial charge in [-0.15, -0.1) is 11.8 Å². The van der Waals surface area contributed by atoms with Gasteiger partial charge in [0.05, 0.1) is 7.11 Å². The highest BCUT2D eigenvalue weighted by Crippen LogP contribution is 2.29. The molecule has 0 fully saturated rings. The molecular formula is C19H20F3NO3S. The second-order valence-corrected chi connectivity index (χ2v) is 6.63. The van der Waals surface area contributed by atoms with Crippen LogP contribution < -0.4 is 14.8 Å². The fraction of sp³-hybridized carbons (Fsp3) is 0.316. The first-order valence-electron chi connectivity index (χ1n) is 8.25. The highest BCUT2D eigenvalue weighted by molar-refractivity contribution is 7.99. The molecule has 0 aliphatic rings. The summed E-state index contributed by atoms with van der Waals surface area (Å²) in [4.78, 5) is 12.4. The summed E-state index contributed by atoms with van der Waals surface area (Å²) < 4.78 is 47.8. The van der Waals surface area contributed by atoms with E-state index >= 15 is 0 Å². The van der Waals surface area contributed by atoms with Gasteiger partial charge in [0.1, 0.15) is 5.82 Å². The van der Waals surface area contributed by atoms with Crippen LogP contribution >= 0.6 is 11.8 Å². The number of halogens is 3. The Bertz CT molecular complexity index is 759. The van der Waals surface area contributed by atoms with Crippen LogP contribution in [0.5, 0.6) is 11.5 Å². The average molecular weight is 399 g/mol. The van der Waals surface area contributed by atoms with E-state index in [1.807, 2.05) is 0 Å². The molecule has 0 radical (unpaired) electrons. The van der Waals surface area contributed by atoms with Gasteiger partial charge in [-0.05, 0) is 36.2 Å². The van der Waals surface area contributed by atoms with Crippen LogP contribution in [0.1, 0.15) is 12.0 Å². The summed E-state index contributed by atoms with van der Waals surface area (Å²) in [6.45, 7) is -2.59. The maximum Gasteiger partial charge on any atom is 0.387 e. The quantitative estimate of drug-likeness (QED) is 0.606. The van der Waals surface area contributed by atoms with E-state index in [1.54, 1.807) is 30.3 Å². The predicted octanol–water partition coefficient (Wildman–Crippen LogP) is 4.28. The Morgan fingerprint density at radius 1 is 1.19 bits per heavy atom. The number of carbonyl (C=O) groups is 1. The van der Waals surface area contributed by atoms with E-state index in [-0.39, 0.29) is 29.6 Å². The van der Waals surface area contributed by atoms with Crippen molar-refractivity contribution in [3.05, 3.63) is 53.8 Å². The average Bonchev–Trinajstić information content (AvgIpc) is 2.63. The number of thioether (sulfide) groups is 1. The molecule has 0 unspecified atom stereocenters. The van der Waals surface area contributed by atoms with Crippen LogP contribution in [-0.4, -0.2) is 31.9 Å². The van der Waals surface area contributed by atoms with Gasteiger partial charge >= 0.3 is 6.61 Å². The summed E-state index contributed by atoms with van der Waals surface area (Å²) in [7, 11) is 1.37. The topological polar surface area (TPSA) is 47.6 Å². The SMILES string of the molecule is COc1ccc(CCNC(=O)CCSc2ccccc2F)cc1OC(F)F. The first-order chi connectivity index (χ1) is 13.0. The zero-order valence-corrected chi connectivity index (χ0v) is 15.5. The molecule has 2 rings (SSSR count). The Kier molecular flexibility index (Phi) is 8.32. The lowest BCUT2D eigenvalue weighted by molar-refractivity contribution is -0.120. The highest BCUT2D eigenvalue weighted by atomic mass is 32.2. The minimum atomic E-state index is -2.94. The molecule has 146 valence electrons. The number of carbonyl (C=O) groups excluding carboxylic acids is 1. The van der Waals surface area contributed by atoms with E-state index in [9.17, 15) is 18.0 Å². The Morgan fingerprint density at radius 3 is 2.67 bits per heavy atom. The summed E-state index contributed by atoms with van der Waals surface area (Å²) >= 11 is 1.28. The molecule has 0 saturated heterocycles. The Balaban J connectivity index is 1.75. The number of amides is 1. The standard InChI is InChI=1S/C19H20F3NO3S/c1-25-15-7-6-13(12-16(15)26-19(21)22)8-10-23-18(24)9-11-27-17-5-3-2-4-14(17)20/h2-7,12,19H,8-11H2,1H3,(H,23,24). The van der Waals surface area contributed by atoms with Gasteiger partial charge < -0.3 is 14.8 Å².